The molecular formula is C17H29N3. The van der Waals surface area contributed by atoms with Gasteiger partial charge in [0.1, 0.15) is 0 Å². The first-order chi connectivity index (χ1) is 9.61. The van der Waals surface area contributed by atoms with Crippen LogP contribution in [0.3, 0.4) is 0 Å². The van der Waals surface area contributed by atoms with Crippen LogP contribution in [0.4, 0.5) is 5.69 Å². The van der Waals surface area contributed by atoms with E-state index in [1.165, 1.54) is 24.2 Å². The van der Waals surface area contributed by atoms with E-state index in [0.29, 0.717) is 6.04 Å². The first kappa shape index (κ1) is 15.3. The average Bonchev–Trinajstić information content (AvgIpc) is 2.60. The molecule has 1 heterocycles. The van der Waals surface area contributed by atoms with Crippen molar-refractivity contribution in [3.63, 3.8) is 0 Å². The van der Waals surface area contributed by atoms with Crippen LogP contribution in [-0.4, -0.2) is 43.7 Å². The molecule has 1 saturated heterocycles. The summed E-state index contributed by atoms with van der Waals surface area (Å²) in [6.07, 6.45) is 3.24. The van der Waals surface area contributed by atoms with Crippen LogP contribution in [-0.2, 0) is 6.42 Å². The largest absolute Gasteiger partial charge is 0.367 e. The van der Waals surface area contributed by atoms with Gasteiger partial charge in [-0.25, -0.2) is 0 Å². The van der Waals surface area contributed by atoms with E-state index < -0.39 is 0 Å². The Bertz CT molecular complexity index is 418. The SMILES string of the molecule is CCC(N)Cc1ccccc1N1CCCN(C)CC1C. The molecule has 2 rings (SSSR count). The fraction of sp³-hybridized carbons (Fsp3) is 0.647. The van der Waals surface area contributed by atoms with Gasteiger partial charge in [0.2, 0.25) is 0 Å². The highest BCUT2D eigenvalue weighted by atomic mass is 15.2. The lowest BCUT2D eigenvalue weighted by atomic mass is 10.0. The van der Waals surface area contributed by atoms with E-state index in [-0.39, 0.29) is 6.04 Å². The van der Waals surface area contributed by atoms with Crippen LogP contribution in [0.2, 0.25) is 0 Å². The van der Waals surface area contributed by atoms with Crippen LogP contribution in [0, 0.1) is 0 Å². The van der Waals surface area contributed by atoms with E-state index >= 15 is 0 Å². The van der Waals surface area contributed by atoms with Crippen LogP contribution in [0.15, 0.2) is 24.3 Å². The molecule has 1 aliphatic rings. The van der Waals surface area contributed by atoms with Crippen molar-refractivity contribution < 1.29 is 0 Å². The van der Waals surface area contributed by atoms with E-state index in [9.17, 15) is 0 Å². The third-order valence-electron chi connectivity index (χ3n) is 4.35. The maximum Gasteiger partial charge on any atom is 0.0402 e. The van der Waals surface area contributed by atoms with Gasteiger partial charge in [-0.15, -0.1) is 0 Å². The van der Waals surface area contributed by atoms with Crippen LogP contribution < -0.4 is 10.6 Å². The van der Waals surface area contributed by atoms with E-state index in [4.69, 9.17) is 5.73 Å². The molecule has 0 saturated carbocycles. The monoisotopic (exact) mass is 275 g/mol. The Hall–Kier alpha value is -1.06. The summed E-state index contributed by atoms with van der Waals surface area (Å²) >= 11 is 0. The quantitative estimate of drug-likeness (QED) is 0.916. The molecule has 0 radical (unpaired) electrons. The first-order valence-electron chi connectivity index (χ1n) is 7.90. The molecule has 0 aliphatic carbocycles. The summed E-state index contributed by atoms with van der Waals surface area (Å²) in [5.41, 5.74) is 8.95. The van der Waals surface area contributed by atoms with Crippen LogP contribution in [0.1, 0.15) is 32.3 Å². The molecule has 2 N–H and O–H groups in total. The molecule has 0 aromatic heterocycles. The molecule has 1 aromatic rings. The lowest BCUT2D eigenvalue weighted by Crippen LogP contribution is -2.38. The zero-order valence-electron chi connectivity index (χ0n) is 13.2. The molecule has 20 heavy (non-hydrogen) atoms. The van der Waals surface area contributed by atoms with Gasteiger partial charge in [-0.3, -0.25) is 0 Å². The Morgan fingerprint density at radius 2 is 2.05 bits per heavy atom. The number of hydrogen-bond acceptors (Lipinski definition) is 3. The van der Waals surface area contributed by atoms with Crippen molar-refractivity contribution >= 4 is 5.69 Å². The van der Waals surface area contributed by atoms with E-state index in [2.05, 4.69) is 55.0 Å². The van der Waals surface area contributed by atoms with Crippen LogP contribution in [0.5, 0.6) is 0 Å². The van der Waals surface area contributed by atoms with E-state index in [1.807, 2.05) is 0 Å². The standard InChI is InChI=1S/C17H29N3/c1-4-16(18)12-15-8-5-6-9-17(15)20-11-7-10-19(3)13-14(20)2/h5-6,8-9,14,16H,4,7,10-13,18H2,1-3H3. The topological polar surface area (TPSA) is 32.5 Å². The summed E-state index contributed by atoms with van der Waals surface area (Å²) in [6, 6.07) is 9.61. The highest BCUT2D eigenvalue weighted by Crippen LogP contribution is 2.25. The van der Waals surface area contributed by atoms with Gasteiger partial charge in [-0.1, -0.05) is 25.1 Å². The highest BCUT2D eigenvalue weighted by molar-refractivity contribution is 5.55. The van der Waals surface area contributed by atoms with Gasteiger partial charge in [-0.2, -0.15) is 0 Å². The van der Waals surface area contributed by atoms with Gasteiger partial charge in [0.25, 0.3) is 0 Å². The van der Waals surface area contributed by atoms with E-state index in [1.54, 1.807) is 0 Å². The third kappa shape index (κ3) is 3.74. The predicted molar refractivity (Wildman–Crippen MR) is 87.3 cm³/mol. The van der Waals surface area contributed by atoms with Gasteiger partial charge in [-0.05, 0) is 51.4 Å². The highest BCUT2D eigenvalue weighted by Gasteiger charge is 2.21. The summed E-state index contributed by atoms with van der Waals surface area (Å²) in [5.74, 6) is 0. The summed E-state index contributed by atoms with van der Waals surface area (Å²) < 4.78 is 0. The second-order valence-electron chi connectivity index (χ2n) is 6.16. The third-order valence-corrected chi connectivity index (χ3v) is 4.35. The first-order valence-corrected chi connectivity index (χ1v) is 7.90. The van der Waals surface area contributed by atoms with Gasteiger partial charge in [0.05, 0.1) is 0 Å². The number of anilines is 1. The van der Waals surface area contributed by atoms with Crippen molar-refractivity contribution in [3.05, 3.63) is 29.8 Å². The van der Waals surface area contributed by atoms with Crippen molar-refractivity contribution in [1.82, 2.24) is 4.90 Å². The van der Waals surface area contributed by atoms with Gasteiger partial charge in [0.15, 0.2) is 0 Å². The average molecular weight is 275 g/mol. The minimum absolute atomic E-state index is 0.265. The summed E-state index contributed by atoms with van der Waals surface area (Å²) in [4.78, 5) is 5.01. The molecule has 112 valence electrons. The lowest BCUT2D eigenvalue weighted by Gasteiger charge is -2.32. The van der Waals surface area contributed by atoms with Crippen LogP contribution in [0.25, 0.3) is 0 Å². The van der Waals surface area contributed by atoms with Crippen molar-refractivity contribution in [2.24, 2.45) is 5.73 Å². The Balaban J connectivity index is 2.22. The molecule has 3 heteroatoms. The molecule has 1 aromatic carbocycles. The smallest absolute Gasteiger partial charge is 0.0402 e. The lowest BCUT2D eigenvalue weighted by molar-refractivity contribution is 0.337. The number of para-hydroxylation sites is 1. The van der Waals surface area contributed by atoms with Gasteiger partial charge in [0, 0.05) is 30.9 Å². The molecule has 0 spiro atoms. The zero-order valence-corrected chi connectivity index (χ0v) is 13.2. The normalized spacial score (nSPS) is 22.6. The molecule has 3 nitrogen and oxygen atoms in total. The van der Waals surface area contributed by atoms with Crippen molar-refractivity contribution in [2.45, 2.75) is 45.2 Å². The summed E-state index contributed by atoms with van der Waals surface area (Å²) in [6.45, 7) is 7.96. The Kier molecular flexibility index (Phi) is 5.44. The minimum atomic E-state index is 0.265. The number of rotatable bonds is 4. The molecule has 2 unspecified atom stereocenters. The molecule has 2 atom stereocenters. The molecule has 1 aliphatic heterocycles. The molecule has 1 fully saturated rings. The second kappa shape index (κ2) is 7.09. The Morgan fingerprint density at radius 1 is 1.30 bits per heavy atom. The summed E-state index contributed by atoms with van der Waals surface area (Å²) in [7, 11) is 2.22. The van der Waals surface area contributed by atoms with Crippen LogP contribution >= 0.6 is 0 Å². The minimum Gasteiger partial charge on any atom is -0.367 e. The maximum absolute atomic E-state index is 6.16. The fourth-order valence-electron chi connectivity index (χ4n) is 3.12. The van der Waals surface area contributed by atoms with Crippen molar-refractivity contribution in [2.75, 3.05) is 31.6 Å². The molecule has 0 amide bonds. The zero-order chi connectivity index (χ0) is 14.5. The Labute approximate surface area is 123 Å². The predicted octanol–water partition coefficient (Wildman–Crippen LogP) is 2.50. The Morgan fingerprint density at radius 3 is 2.80 bits per heavy atom. The van der Waals surface area contributed by atoms with E-state index in [0.717, 1.165) is 25.9 Å². The fourth-order valence-corrected chi connectivity index (χ4v) is 3.12. The molecule has 0 bridgehead atoms. The summed E-state index contributed by atoms with van der Waals surface area (Å²) in [5, 5.41) is 0. The molecular weight excluding hydrogens is 246 g/mol. The maximum atomic E-state index is 6.16. The van der Waals surface area contributed by atoms with Gasteiger partial charge >= 0.3 is 0 Å². The van der Waals surface area contributed by atoms with Crippen molar-refractivity contribution in [3.8, 4) is 0 Å². The number of benzene rings is 1. The van der Waals surface area contributed by atoms with Gasteiger partial charge < -0.3 is 15.5 Å². The second-order valence-corrected chi connectivity index (χ2v) is 6.16. The van der Waals surface area contributed by atoms with Crippen molar-refractivity contribution in [1.29, 1.82) is 0 Å². The number of nitrogens with two attached hydrogens (primary N) is 1. The number of nitrogens with zero attached hydrogens (tertiary/aromatic N) is 2. The number of hydrogen-bond donors (Lipinski definition) is 1. The number of likely N-dealkylation sites (N-methyl/N-ethyl adjacent to an activating group) is 1.